The number of amides is 2. The largest absolute Gasteiger partial charge is 0.394 e. The Morgan fingerprint density at radius 3 is 2.91 bits per heavy atom. The minimum absolute atomic E-state index is 0.0141. The molecule has 1 unspecified atom stereocenters. The zero-order chi connectivity index (χ0) is 16.1. The Hall–Kier alpha value is -1.70. The van der Waals surface area contributed by atoms with Crippen molar-refractivity contribution in [2.24, 2.45) is 0 Å². The first-order valence-electron chi connectivity index (χ1n) is 6.61. The summed E-state index contributed by atoms with van der Waals surface area (Å²) in [4.78, 5) is 17.0. The van der Waals surface area contributed by atoms with E-state index in [9.17, 15) is 14.3 Å². The number of rotatable bonds is 5. The van der Waals surface area contributed by atoms with Crippen LogP contribution in [0, 0.1) is 5.82 Å². The van der Waals surface area contributed by atoms with Crippen LogP contribution < -0.4 is 10.6 Å². The van der Waals surface area contributed by atoms with Crippen molar-refractivity contribution in [1.82, 2.24) is 10.3 Å². The Balaban J connectivity index is 2.02. The van der Waals surface area contributed by atoms with Crippen LogP contribution in [-0.2, 0) is 6.42 Å². The van der Waals surface area contributed by atoms with Gasteiger partial charge in [0.05, 0.1) is 17.7 Å². The van der Waals surface area contributed by atoms with Crippen molar-refractivity contribution in [1.29, 1.82) is 0 Å². The summed E-state index contributed by atoms with van der Waals surface area (Å²) < 4.78 is 13.5. The summed E-state index contributed by atoms with van der Waals surface area (Å²) in [6, 6.07) is 2.85. The van der Waals surface area contributed by atoms with Gasteiger partial charge in [-0.1, -0.05) is 24.6 Å². The van der Waals surface area contributed by atoms with Gasteiger partial charge in [0.25, 0.3) is 0 Å². The quantitative estimate of drug-likeness (QED) is 0.779. The molecule has 0 aliphatic heterocycles. The monoisotopic (exact) mass is 343 g/mol. The number of aryl methyl sites for hydroxylation is 1. The van der Waals surface area contributed by atoms with Crippen LogP contribution in [-0.4, -0.2) is 22.7 Å². The molecular formula is C14H15ClFN3O2S. The summed E-state index contributed by atoms with van der Waals surface area (Å²) in [6.45, 7) is 1.63. The number of hydrogen-bond donors (Lipinski definition) is 3. The van der Waals surface area contributed by atoms with E-state index < -0.39 is 17.9 Å². The van der Waals surface area contributed by atoms with Crippen LogP contribution in [0.1, 0.15) is 23.4 Å². The summed E-state index contributed by atoms with van der Waals surface area (Å²) in [6.07, 6.45) is 2.53. The van der Waals surface area contributed by atoms with Gasteiger partial charge in [-0.05, 0) is 24.1 Å². The fraction of sp³-hybridized carbons (Fsp3) is 0.286. The zero-order valence-electron chi connectivity index (χ0n) is 11.8. The molecule has 0 radical (unpaired) electrons. The molecule has 0 aliphatic carbocycles. The molecule has 1 aromatic carbocycles. The molecule has 8 heteroatoms. The fourth-order valence-electron chi connectivity index (χ4n) is 1.78. The number of halogens is 2. The molecule has 1 aromatic heterocycles. The van der Waals surface area contributed by atoms with Crippen molar-refractivity contribution in [2.45, 2.75) is 19.4 Å². The van der Waals surface area contributed by atoms with E-state index >= 15 is 0 Å². The number of anilines is 1. The molecule has 0 aliphatic rings. The van der Waals surface area contributed by atoms with Crippen LogP contribution in [0.2, 0.25) is 5.02 Å². The van der Waals surface area contributed by atoms with Crippen molar-refractivity contribution >= 4 is 34.1 Å². The normalized spacial score (nSPS) is 12.0. The molecule has 0 saturated heterocycles. The molecule has 0 bridgehead atoms. The number of urea groups is 1. The van der Waals surface area contributed by atoms with Gasteiger partial charge >= 0.3 is 6.03 Å². The van der Waals surface area contributed by atoms with Crippen LogP contribution in [0.4, 0.5) is 14.3 Å². The van der Waals surface area contributed by atoms with Crippen molar-refractivity contribution in [3.05, 3.63) is 45.7 Å². The number of aliphatic hydroxyl groups is 1. The molecule has 5 nitrogen and oxygen atoms in total. The van der Waals surface area contributed by atoms with Crippen LogP contribution in [0.5, 0.6) is 0 Å². The van der Waals surface area contributed by atoms with Crippen molar-refractivity contribution in [2.75, 3.05) is 11.9 Å². The third kappa shape index (κ3) is 4.16. The van der Waals surface area contributed by atoms with Crippen molar-refractivity contribution in [3.63, 3.8) is 0 Å². The molecule has 2 amide bonds. The van der Waals surface area contributed by atoms with Gasteiger partial charge in [0.1, 0.15) is 5.82 Å². The van der Waals surface area contributed by atoms with Crippen LogP contribution in [0.15, 0.2) is 24.4 Å². The highest BCUT2D eigenvalue weighted by Gasteiger charge is 2.16. The SMILES string of the molecule is CCc1cnc(NC(=O)NC(CO)c2ccc(Cl)c(F)c2)s1. The third-order valence-corrected chi connectivity index (χ3v) is 4.32. The smallest absolute Gasteiger partial charge is 0.321 e. The lowest BCUT2D eigenvalue weighted by Gasteiger charge is -2.17. The van der Waals surface area contributed by atoms with E-state index in [1.165, 1.54) is 23.5 Å². The topological polar surface area (TPSA) is 74.2 Å². The summed E-state index contributed by atoms with van der Waals surface area (Å²) in [5.41, 5.74) is 0.424. The molecule has 22 heavy (non-hydrogen) atoms. The standard InChI is InChI=1S/C14H15ClFN3O2S/c1-2-9-6-17-14(22-9)19-13(21)18-12(7-20)8-3-4-10(15)11(16)5-8/h3-6,12,20H,2,7H2,1H3,(H2,17,18,19,21). The Kier molecular flexibility index (Phi) is 5.70. The highest BCUT2D eigenvalue weighted by atomic mass is 35.5. The highest BCUT2D eigenvalue weighted by Crippen LogP contribution is 2.21. The summed E-state index contributed by atoms with van der Waals surface area (Å²) >= 11 is 6.99. The van der Waals surface area contributed by atoms with E-state index in [1.54, 1.807) is 12.3 Å². The Morgan fingerprint density at radius 1 is 1.55 bits per heavy atom. The summed E-state index contributed by atoms with van der Waals surface area (Å²) in [5.74, 6) is -0.604. The molecule has 1 atom stereocenters. The van der Waals surface area contributed by atoms with E-state index in [-0.39, 0.29) is 11.6 Å². The fourth-order valence-corrected chi connectivity index (χ4v) is 2.65. The van der Waals surface area contributed by atoms with Gasteiger partial charge in [-0.2, -0.15) is 0 Å². The first-order valence-corrected chi connectivity index (χ1v) is 7.81. The van der Waals surface area contributed by atoms with E-state index in [4.69, 9.17) is 11.6 Å². The number of aliphatic hydroxyl groups excluding tert-OH is 1. The van der Waals surface area contributed by atoms with E-state index in [0.717, 1.165) is 11.3 Å². The first-order chi connectivity index (χ1) is 10.5. The number of nitrogens with zero attached hydrogens (tertiary/aromatic N) is 1. The van der Waals surface area contributed by atoms with E-state index in [1.807, 2.05) is 6.92 Å². The van der Waals surface area contributed by atoms with Gasteiger partial charge in [0.2, 0.25) is 0 Å². The average molecular weight is 344 g/mol. The molecule has 2 rings (SSSR count). The van der Waals surface area contributed by atoms with Gasteiger partial charge in [0, 0.05) is 11.1 Å². The maximum absolute atomic E-state index is 13.5. The Bertz CT molecular complexity index is 665. The zero-order valence-corrected chi connectivity index (χ0v) is 13.3. The second-order valence-electron chi connectivity index (χ2n) is 4.49. The van der Waals surface area contributed by atoms with Gasteiger partial charge in [-0.15, -0.1) is 11.3 Å². The molecule has 0 fully saturated rings. The summed E-state index contributed by atoms with van der Waals surface area (Å²) in [7, 11) is 0. The minimum Gasteiger partial charge on any atom is -0.394 e. The van der Waals surface area contributed by atoms with Gasteiger partial charge in [-0.25, -0.2) is 14.2 Å². The van der Waals surface area contributed by atoms with E-state index in [0.29, 0.717) is 10.7 Å². The molecule has 0 spiro atoms. The number of benzene rings is 1. The maximum atomic E-state index is 13.5. The van der Waals surface area contributed by atoms with Gasteiger partial charge < -0.3 is 10.4 Å². The third-order valence-electron chi connectivity index (χ3n) is 2.96. The number of carbonyl (C=O) groups excluding carboxylic acids is 1. The Labute approximate surface area is 136 Å². The molecular weight excluding hydrogens is 329 g/mol. The predicted molar refractivity (Wildman–Crippen MR) is 84.9 cm³/mol. The number of aromatic nitrogens is 1. The van der Waals surface area contributed by atoms with Gasteiger partial charge in [0.15, 0.2) is 5.13 Å². The molecule has 3 N–H and O–H groups in total. The lowest BCUT2D eigenvalue weighted by atomic mass is 10.1. The predicted octanol–water partition coefficient (Wildman–Crippen LogP) is 3.35. The lowest BCUT2D eigenvalue weighted by Crippen LogP contribution is -2.34. The van der Waals surface area contributed by atoms with E-state index in [2.05, 4.69) is 15.6 Å². The van der Waals surface area contributed by atoms with Crippen LogP contribution in [0.3, 0.4) is 0 Å². The van der Waals surface area contributed by atoms with Gasteiger partial charge in [-0.3, -0.25) is 5.32 Å². The number of nitrogens with one attached hydrogen (secondary N) is 2. The molecule has 118 valence electrons. The maximum Gasteiger partial charge on any atom is 0.321 e. The lowest BCUT2D eigenvalue weighted by molar-refractivity contribution is 0.225. The Morgan fingerprint density at radius 2 is 2.32 bits per heavy atom. The molecule has 1 heterocycles. The molecule has 0 saturated carbocycles. The van der Waals surface area contributed by atoms with Crippen molar-refractivity contribution < 1.29 is 14.3 Å². The highest BCUT2D eigenvalue weighted by molar-refractivity contribution is 7.15. The number of carbonyl (C=O) groups is 1. The molecule has 2 aromatic rings. The average Bonchev–Trinajstić information content (AvgIpc) is 2.95. The second-order valence-corrected chi connectivity index (χ2v) is 6.01. The first kappa shape index (κ1) is 16.7. The van der Waals surface area contributed by atoms with Crippen LogP contribution >= 0.6 is 22.9 Å². The van der Waals surface area contributed by atoms with Crippen LogP contribution in [0.25, 0.3) is 0 Å². The number of thiazole rings is 1. The summed E-state index contributed by atoms with van der Waals surface area (Å²) in [5, 5.41) is 15.0. The minimum atomic E-state index is -0.739. The second kappa shape index (κ2) is 7.53. The number of hydrogen-bond acceptors (Lipinski definition) is 4. The van der Waals surface area contributed by atoms with Crippen molar-refractivity contribution in [3.8, 4) is 0 Å².